The number of rotatable bonds is 3. The van der Waals surface area contributed by atoms with Gasteiger partial charge in [0, 0.05) is 30.0 Å². The minimum Gasteiger partial charge on any atom is -0.508 e. The molecule has 174 valence electrons. The summed E-state index contributed by atoms with van der Waals surface area (Å²) in [5, 5.41) is 68.9. The molecule has 0 amide bonds. The van der Waals surface area contributed by atoms with E-state index >= 15 is 0 Å². The van der Waals surface area contributed by atoms with Crippen LogP contribution < -0.4 is 4.74 Å². The largest absolute Gasteiger partial charge is 0.508 e. The van der Waals surface area contributed by atoms with Crippen molar-refractivity contribution >= 4 is 5.97 Å². The molecule has 0 aromatic heterocycles. The van der Waals surface area contributed by atoms with Crippen molar-refractivity contribution in [1.82, 2.24) is 0 Å². The van der Waals surface area contributed by atoms with Gasteiger partial charge in [-0.1, -0.05) is 6.92 Å². The van der Waals surface area contributed by atoms with Crippen LogP contribution in [-0.4, -0.2) is 53.9 Å². The Morgan fingerprint density at radius 3 is 2.21 bits per heavy atom. The summed E-state index contributed by atoms with van der Waals surface area (Å²) in [5.74, 6) is -5.08. The summed E-state index contributed by atoms with van der Waals surface area (Å²) in [6, 6.07) is 4.28. The van der Waals surface area contributed by atoms with Crippen LogP contribution in [0, 0.1) is 11.8 Å². The Morgan fingerprint density at radius 1 is 0.909 bits per heavy atom. The maximum Gasteiger partial charge on any atom is 0.338 e. The lowest BCUT2D eigenvalue weighted by atomic mass is 9.80. The molecule has 0 radical (unpaired) electrons. The van der Waals surface area contributed by atoms with Gasteiger partial charge in [0.2, 0.25) is 0 Å². The number of phenols is 5. The maximum absolute atomic E-state index is 12.8. The second-order valence-electron chi connectivity index (χ2n) is 8.08. The van der Waals surface area contributed by atoms with E-state index in [1.807, 2.05) is 0 Å². The summed E-state index contributed by atoms with van der Waals surface area (Å²) in [5.41, 5.74) is 0.0446. The normalized spacial score (nSPS) is 24.2. The van der Waals surface area contributed by atoms with Gasteiger partial charge in [-0.2, -0.15) is 0 Å². The predicted molar refractivity (Wildman–Crippen MR) is 113 cm³/mol. The van der Waals surface area contributed by atoms with Crippen LogP contribution in [0.15, 0.2) is 47.9 Å². The minimum atomic E-state index is -1.01. The number of aromatic hydroxyl groups is 5. The Balaban J connectivity index is 1.70. The highest BCUT2D eigenvalue weighted by atomic mass is 16.6. The smallest absolute Gasteiger partial charge is 0.338 e. The van der Waals surface area contributed by atoms with E-state index in [2.05, 4.69) is 0 Å². The fourth-order valence-corrected chi connectivity index (χ4v) is 4.09. The van der Waals surface area contributed by atoms with Crippen LogP contribution in [0.25, 0.3) is 0 Å². The molecule has 10 nitrogen and oxygen atoms in total. The minimum absolute atomic E-state index is 0.0125. The number of aliphatic hydroxyl groups excluding tert-OH is 2. The number of fused-ring (bicyclic) bond motifs is 1. The molecule has 1 aliphatic carbocycles. The molecule has 4 rings (SSSR count). The number of ether oxygens (including phenoxy) is 2. The summed E-state index contributed by atoms with van der Waals surface area (Å²) >= 11 is 0. The number of carbonyl (C=O) groups is 1. The third-order valence-electron chi connectivity index (χ3n) is 5.79. The van der Waals surface area contributed by atoms with Crippen LogP contribution in [-0.2, 0) is 11.2 Å². The van der Waals surface area contributed by atoms with E-state index in [0.717, 1.165) is 18.2 Å². The summed E-state index contributed by atoms with van der Waals surface area (Å²) in [4.78, 5) is 12.8. The van der Waals surface area contributed by atoms with Gasteiger partial charge in [-0.3, -0.25) is 0 Å². The van der Waals surface area contributed by atoms with Gasteiger partial charge in [-0.05, 0) is 30.2 Å². The molecule has 2 aliphatic rings. The first-order valence-electron chi connectivity index (χ1n) is 10.0. The summed E-state index contributed by atoms with van der Waals surface area (Å²) in [7, 11) is 0. The second kappa shape index (κ2) is 8.05. The molecule has 0 saturated carbocycles. The zero-order valence-corrected chi connectivity index (χ0v) is 17.3. The van der Waals surface area contributed by atoms with Crippen molar-refractivity contribution in [3.8, 4) is 34.5 Å². The Kier molecular flexibility index (Phi) is 5.36. The van der Waals surface area contributed by atoms with Gasteiger partial charge in [0.05, 0.1) is 5.56 Å². The Hall–Kier alpha value is -4.21. The Morgan fingerprint density at radius 2 is 1.55 bits per heavy atom. The summed E-state index contributed by atoms with van der Waals surface area (Å²) in [6.07, 6.45) is 0.874. The number of phenolic OH excluding ortho intramolecular Hbond substituents is 5. The van der Waals surface area contributed by atoms with Crippen LogP contribution >= 0.6 is 0 Å². The number of allylic oxidation sites excluding steroid dienone is 1. The summed E-state index contributed by atoms with van der Waals surface area (Å²) < 4.78 is 11.6. The SMILES string of the molecule is CC1C=C(O)C(O)=CC1[C@@H]1Oc2cc(O)cc(O)c2C[C@H]1OC(=O)c1cc(O)c(O)c(O)c1. The van der Waals surface area contributed by atoms with E-state index < -0.39 is 41.3 Å². The van der Waals surface area contributed by atoms with Crippen LogP contribution in [0.1, 0.15) is 22.8 Å². The van der Waals surface area contributed by atoms with Crippen molar-refractivity contribution in [2.75, 3.05) is 0 Å². The third kappa shape index (κ3) is 4.02. The van der Waals surface area contributed by atoms with Gasteiger partial charge in [0.1, 0.15) is 29.5 Å². The van der Waals surface area contributed by atoms with E-state index in [4.69, 9.17) is 9.47 Å². The van der Waals surface area contributed by atoms with Gasteiger partial charge in [-0.15, -0.1) is 0 Å². The fourth-order valence-electron chi connectivity index (χ4n) is 4.09. The highest BCUT2D eigenvalue weighted by Gasteiger charge is 2.42. The molecule has 1 heterocycles. The predicted octanol–water partition coefficient (Wildman–Crippen LogP) is 2.89. The zero-order valence-electron chi connectivity index (χ0n) is 17.3. The lowest BCUT2D eigenvalue weighted by molar-refractivity contribution is -0.0368. The first kappa shape index (κ1) is 22.0. The maximum atomic E-state index is 12.8. The quantitative estimate of drug-likeness (QED) is 0.267. The molecular weight excluding hydrogens is 436 g/mol. The van der Waals surface area contributed by atoms with E-state index in [1.165, 1.54) is 18.2 Å². The topological polar surface area (TPSA) is 177 Å². The van der Waals surface area contributed by atoms with Gasteiger partial charge in [-0.25, -0.2) is 4.79 Å². The monoisotopic (exact) mass is 458 g/mol. The van der Waals surface area contributed by atoms with Crippen molar-refractivity contribution in [3.05, 3.63) is 59.1 Å². The molecule has 0 spiro atoms. The Bertz CT molecular complexity index is 1160. The first-order chi connectivity index (χ1) is 15.5. The number of hydrogen-bond acceptors (Lipinski definition) is 10. The van der Waals surface area contributed by atoms with Crippen molar-refractivity contribution in [1.29, 1.82) is 0 Å². The number of esters is 1. The summed E-state index contributed by atoms with van der Waals surface area (Å²) in [6.45, 7) is 1.76. The van der Waals surface area contributed by atoms with Gasteiger partial charge in [0.25, 0.3) is 0 Å². The van der Waals surface area contributed by atoms with Crippen LogP contribution in [0.2, 0.25) is 0 Å². The first-order valence-corrected chi connectivity index (χ1v) is 10.0. The highest BCUT2D eigenvalue weighted by molar-refractivity contribution is 5.91. The molecule has 10 heteroatoms. The average molecular weight is 458 g/mol. The fraction of sp³-hybridized carbons (Fsp3) is 0.261. The number of hydrogen-bond donors (Lipinski definition) is 7. The zero-order chi connectivity index (χ0) is 24.0. The van der Waals surface area contributed by atoms with Crippen molar-refractivity contribution in [2.45, 2.75) is 25.6 Å². The number of benzene rings is 2. The van der Waals surface area contributed by atoms with E-state index in [1.54, 1.807) is 6.92 Å². The highest BCUT2D eigenvalue weighted by Crippen LogP contribution is 2.43. The van der Waals surface area contributed by atoms with Crippen LogP contribution in [0.5, 0.6) is 34.5 Å². The number of aliphatic hydroxyl groups is 2. The van der Waals surface area contributed by atoms with E-state index in [-0.39, 0.29) is 52.2 Å². The van der Waals surface area contributed by atoms with E-state index in [9.17, 15) is 40.5 Å². The van der Waals surface area contributed by atoms with Gasteiger partial charge < -0.3 is 45.2 Å². The average Bonchev–Trinajstić information content (AvgIpc) is 2.74. The molecule has 2 aromatic carbocycles. The Labute approximate surface area is 187 Å². The number of carbonyl (C=O) groups excluding carboxylic acids is 1. The van der Waals surface area contributed by atoms with Crippen LogP contribution in [0.3, 0.4) is 0 Å². The molecule has 0 fully saturated rings. The standard InChI is InChI=1S/C23H22O10/c1-9-2-15(26)16(27)7-12(9)22-20(8-13-14(25)5-11(24)6-19(13)32-22)33-23(31)10-3-17(28)21(30)18(29)4-10/h2-7,9,12,20,22,24-30H,8H2,1H3/t9?,12?,20-,22+/m1/s1. The lowest BCUT2D eigenvalue weighted by Gasteiger charge is -2.39. The van der Waals surface area contributed by atoms with Gasteiger partial charge >= 0.3 is 5.97 Å². The van der Waals surface area contributed by atoms with Crippen molar-refractivity contribution in [3.63, 3.8) is 0 Å². The molecule has 4 atom stereocenters. The molecule has 2 aromatic rings. The van der Waals surface area contributed by atoms with Crippen molar-refractivity contribution in [2.24, 2.45) is 11.8 Å². The molecule has 0 saturated heterocycles. The lowest BCUT2D eigenvalue weighted by Crippen LogP contribution is -2.47. The molecular formula is C23H22O10. The van der Waals surface area contributed by atoms with Crippen molar-refractivity contribution < 1.29 is 50.0 Å². The van der Waals surface area contributed by atoms with E-state index in [0.29, 0.717) is 0 Å². The second-order valence-corrected chi connectivity index (χ2v) is 8.08. The molecule has 1 aliphatic heterocycles. The molecule has 7 N–H and O–H groups in total. The molecule has 2 unspecified atom stereocenters. The molecule has 33 heavy (non-hydrogen) atoms. The molecule has 0 bridgehead atoms. The van der Waals surface area contributed by atoms with Crippen LogP contribution in [0.4, 0.5) is 0 Å². The third-order valence-corrected chi connectivity index (χ3v) is 5.79. The van der Waals surface area contributed by atoms with Gasteiger partial charge in [0.15, 0.2) is 28.8 Å².